The van der Waals surface area contributed by atoms with E-state index >= 15 is 0 Å². The first-order chi connectivity index (χ1) is 22.3. The average molecular weight is 817 g/mol. The molecule has 1 aliphatic rings. The molecule has 5 heteroatoms. The Bertz CT molecular complexity index is 2140. The van der Waals surface area contributed by atoms with Gasteiger partial charge in [0.2, 0.25) is 0 Å². The Labute approximate surface area is 296 Å². The van der Waals surface area contributed by atoms with Gasteiger partial charge in [0, 0.05) is 54.8 Å². The van der Waals surface area contributed by atoms with Gasteiger partial charge in [0.25, 0.3) is 0 Å². The van der Waals surface area contributed by atoms with Crippen LogP contribution in [-0.4, -0.2) is 15.9 Å². The van der Waals surface area contributed by atoms with Crippen LogP contribution in [0.3, 0.4) is 0 Å². The second-order valence-corrected chi connectivity index (χ2v) is 13.6. The van der Waals surface area contributed by atoms with E-state index in [1.807, 2.05) is 45.7 Å². The number of aliphatic hydroxyl groups excluding tert-OH is 1. The van der Waals surface area contributed by atoms with Gasteiger partial charge in [-0.1, -0.05) is 86.7 Å². The van der Waals surface area contributed by atoms with Crippen LogP contribution in [0.15, 0.2) is 94.6 Å². The van der Waals surface area contributed by atoms with Gasteiger partial charge in [0.15, 0.2) is 5.78 Å². The molecule has 5 aromatic carbocycles. The summed E-state index contributed by atoms with van der Waals surface area (Å²) in [7, 11) is 0. The van der Waals surface area contributed by atoms with Crippen LogP contribution >= 0.6 is 11.8 Å². The third-order valence-corrected chi connectivity index (χ3v) is 10.7. The molecule has 0 amide bonds. The Kier molecular flexibility index (Phi) is 10.9. The van der Waals surface area contributed by atoms with E-state index in [2.05, 4.69) is 86.6 Å². The zero-order valence-electron chi connectivity index (χ0n) is 28.0. The van der Waals surface area contributed by atoms with Gasteiger partial charge in [-0.05, 0) is 94.4 Å². The fraction of sp³-hybridized carbons (Fsp3) is 0.286. The van der Waals surface area contributed by atoms with Crippen molar-refractivity contribution in [3.8, 4) is 11.3 Å². The van der Waals surface area contributed by atoms with Gasteiger partial charge < -0.3 is 5.11 Å². The predicted octanol–water partition coefficient (Wildman–Crippen LogP) is 12.1. The molecule has 1 aromatic heterocycles. The van der Waals surface area contributed by atoms with Gasteiger partial charge in [-0.3, -0.25) is 9.78 Å². The minimum absolute atomic E-state index is 0. The number of carbonyl (C=O) groups is 1. The zero-order valence-corrected chi connectivity index (χ0v) is 31.2. The zero-order chi connectivity index (χ0) is 32.5. The van der Waals surface area contributed by atoms with Crippen molar-refractivity contribution in [2.45, 2.75) is 77.0 Å². The first kappa shape index (κ1) is 34.8. The van der Waals surface area contributed by atoms with Crippen LogP contribution in [0.5, 0.6) is 0 Å². The fourth-order valence-corrected chi connectivity index (χ4v) is 8.08. The van der Waals surface area contributed by atoms with E-state index in [0.717, 1.165) is 42.3 Å². The van der Waals surface area contributed by atoms with E-state index in [4.69, 9.17) is 4.98 Å². The monoisotopic (exact) mass is 817 g/mol. The molecule has 0 saturated heterocycles. The van der Waals surface area contributed by atoms with Crippen LogP contribution in [0.1, 0.15) is 64.5 Å². The van der Waals surface area contributed by atoms with Crippen molar-refractivity contribution < 1.29 is 30.0 Å². The molecule has 0 saturated carbocycles. The number of carbonyl (C=O) groups excluding carboxylic acids is 1. The van der Waals surface area contributed by atoms with E-state index in [0.29, 0.717) is 0 Å². The van der Waals surface area contributed by atoms with Crippen LogP contribution in [0, 0.1) is 31.7 Å². The van der Waals surface area contributed by atoms with Gasteiger partial charge in [-0.15, -0.1) is 35.3 Å². The van der Waals surface area contributed by atoms with E-state index in [9.17, 15) is 9.90 Å². The minimum atomic E-state index is 0. The molecule has 6 aromatic rings. The topological polar surface area (TPSA) is 50.2 Å². The van der Waals surface area contributed by atoms with Crippen LogP contribution < -0.4 is 0 Å². The summed E-state index contributed by atoms with van der Waals surface area (Å²) < 4.78 is 0. The summed E-state index contributed by atoms with van der Waals surface area (Å²) in [5, 5.41) is 19.9. The van der Waals surface area contributed by atoms with Gasteiger partial charge in [0.1, 0.15) is 0 Å². The van der Waals surface area contributed by atoms with Crippen molar-refractivity contribution in [2.75, 3.05) is 0 Å². The van der Waals surface area contributed by atoms with Crippen molar-refractivity contribution in [3.05, 3.63) is 102 Å². The summed E-state index contributed by atoms with van der Waals surface area (Å²) in [5.74, 6) is 0.547. The van der Waals surface area contributed by atoms with Crippen molar-refractivity contribution in [3.63, 3.8) is 0 Å². The average Bonchev–Trinajstić information content (AvgIpc) is 3.05. The number of hydrogen-bond acceptors (Lipinski definition) is 4. The third-order valence-electron chi connectivity index (χ3n) is 9.58. The van der Waals surface area contributed by atoms with E-state index in [1.54, 1.807) is 0 Å². The van der Waals surface area contributed by atoms with Crippen LogP contribution in [-0.2, 0) is 24.9 Å². The molecular formula is C42H42IrNO2S-. The fourth-order valence-electron chi connectivity index (χ4n) is 6.92. The van der Waals surface area contributed by atoms with E-state index in [1.165, 1.54) is 64.7 Å². The Morgan fingerprint density at radius 1 is 0.809 bits per heavy atom. The molecule has 0 bridgehead atoms. The Morgan fingerprint density at radius 3 is 2.21 bits per heavy atom. The number of aliphatic hydroxyl groups is 1. The summed E-state index contributed by atoms with van der Waals surface area (Å²) in [6.45, 7) is 12.5. The maximum Gasteiger partial charge on any atom is 0.162 e. The molecule has 47 heavy (non-hydrogen) atoms. The van der Waals surface area contributed by atoms with Gasteiger partial charge >= 0.3 is 0 Å². The minimum Gasteiger partial charge on any atom is -0.512 e. The number of nitrogens with zero attached hydrogens (tertiary/aromatic N) is 1. The maximum absolute atomic E-state index is 11.7. The second-order valence-electron chi connectivity index (χ2n) is 12.5. The molecule has 1 aliphatic heterocycles. The Morgan fingerprint density at radius 2 is 1.49 bits per heavy atom. The predicted molar refractivity (Wildman–Crippen MR) is 196 cm³/mol. The second kappa shape index (κ2) is 14.7. The first-order valence-electron chi connectivity index (χ1n) is 16.6. The number of benzene rings is 5. The molecule has 1 radical (unpaired) electrons. The molecule has 2 heterocycles. The van der Waals surface area contributed by atoms with Crippen molar-refractivity contribution in [2.24, 2.45) is 11.8 Å². The number of rotatable bonds is 7. The van der Waals surface area contributed by atoms with Crippen LogP contribution in [0.2, 0.25) is 0 Å². The van der Waals surface area contributed by atoms with Crippen LogP contribution in [0.25, 0.3) is 54.3 Å². The Balaban J connectivity index is 0.000000234. The number of aryl methyl sites for hydroxylation is 2. The molecule has 243 valence electrons. The first-order valence-corrected chi connectivity index (χ1v) is 17.4. The number of pyridine rings is 1. The number of ketones is 1. The van der Waals surface area contributed by atoms with E-state index < -0.39 is 0 Å². The molecule has 0 spiro atoms. The molecule has 0 unspecified atom stereocenters. The van der Waals surface area contributed by atoms with E-state index in [-0.39, 0.29) is 43.5 Å². The molecule has 0 atom stereocenters. The van der Waals surface area contributed by atoms with Crippen molar-refractivity contribution in [1.29, 1.82) is 0 Å². The largest absolute Gasteiger partial charge is 0.512 e. The van der Waals surface area contributed by atoms with Crippen molar-refractivity contribution in [1.82, 2.24) is 4.98 Å². The molecule has 7 rings (SSSR count). The smallest absolute Gasteiger partial charge is 0.162 e. The number of aromatic nitrogens is 1. The SMILES string of the molecule is CCC(CC)C(=O)/C=C(\O)C(CC)CC.Cc1cc(C)c2ccc3c4ccnc5c4c(cc3c2c1)Sc1cc2ccccc2[c-]c1-5.[Ir]. The molecule has 3 nitrogen and oxygen atoms in total. The van der Waals surface area contributed by atoms with Gasteiger partial charge in [-0.2, -0.15) is 0 Å². The third kappa shape index (κ3) is 6.63. The van der Waals surface area contributed by atoms with Gasteiger partial charge in [-0.25, -0.2) is 0 Å². The number of fused-ring (bicyclic) bond motifs is 7. The maximum atomic E-state index is 11.7. The van der Waals surface area contributed by atoms with Crippen molar-refractivity contribution >= 4 is 60.6 Å². The van der Waals surface area contributed by atoms with Gasteiger partial charge in [0.05, 0.1) is 5.76 Å². The van der Waals surface area contributed by atoms with Crippen LogP contribution in [0.4, 0.5) is 0 Å². The quantitative estimate of drug-likeness (QED) is 0.0753. The summed E-state index contributed by atoms with van der Waals surface area (Å²) >= 11 is 1.85. The normalized spacial score (nSPS) is 12.4. The summed E-state index contributed by atoms with van der Waals surface area (Å²) in [6, 6.07) is 28.1. The molecule has 0 fully saturated rings. The Hall–Kier alpha value is -3.50. The summed E-state index contributed by atoms with van der Waals surface area (Å²) in [5.41, 5.74) is 4.81. The summed E-state index contributed by atoms with van der Waals surface area (Å²) in [6.07, 6.45) is 6.86. The number of allylic oxidation sites excluding steroid dienone is 2. The molecule has 1 N–H and O–H groups in total. The standard InChI is InChI=1S/C29H18NS.C13H24O2.Ir/c1-16-11-17(2)20-7-8-21-22-9-10-30-29-25-13-18-5-3-4-6-19(18)14-26(25)31-27(28(22)29)15-24(21)23(20)12-16;1-5-10(6-2)12(14)9-13(15)11(7-3)8-4;/h3-12,14-15H,1-2H3;9-11,14H,5-8H2,1-4H3;/q-1;;/b;12-9-;. The molecular weight excluding hydrogens is 775 g/mol. The number of hydrogen-bond donors (Lipinski definition) is 1. The molecule has 0 aliphatic carbocycles. The summed E-state index contributed by atoms with van der Waals surface area (Å²) in [4.78, 5) is 19.1.